The highest BCUT2D eigenvalue weighted by molar-refractivity contribution is 5.94. The van der Waals surface area contributed by atoms with Crippen molar-refractivity contribution in [1.82, 2.24) is 19.0 Å². The van der Waals surface area contributed by atoms with E-state index in [4.69, 9.17) is 14.6 Å². The van der Waals surface area contributed by atoms with E-state index in [1.165, 1.54) is 34.0 Å². The molecule has 1 aliphatic carbocycles. The van der Waals surface area contributed by atoms with Crippen molar-refractivity contribution in [3.8, 4) is 0 Å². The number of pyridine rings is 1. The summed E-state index contributed by atoms with van der Waals surface area (Å²) < 4.78 is 29.1. The van der Waals surface area contributed by atoms with Crippen LogP contribution in [0.1, 0.15) is 60.1 Å². The number of H-pyrrole nitrogens is 1. The third-order valence-corrected chi connectivity index (χ3v) is 9.81. The maximum Gasteiger partial charge on any atom is 0.343 e. The van der Waals surface area contributed by atoms with Gasteiger partial charge in [-0.25, -0.2) is 14.0 Å². The van der Waals surface area contributed by atoms with Gasteiger partial charge in [0.1, 0.15) is 23.8 Å². The fourth-order valence-corrected chi connectivity index (χ4v) is 6.74. The molecular weight excluding hydrogens is 671 g/mol. The van der Waals surface area contributed by atoms with Crippen LogP contribution < -0.4 is 26.9 Å². The third-order valence-electron chi connectivity index (χ3n) is 9.81. The van der Waals surface area contributed by atoms with Gasteiger partial charge in [-0.05, 0) is 81.0 Å². The Labute approximate surface area is 300 Å². The molecule has 2 fully saturated rings. The number of benzene rings is 2. The molecular formula is C38H47FN6O7. The average molecular weight is 719 g/mol. The molecule has 14 heteroatoms. The number of aromatic nitrogens is 3. The first-order chi connectivity index (χ1) is 25.2. The van der Waals surface area contributed by atoms with Gasteiger partial charge in [0, 0.05) is 62.1 Å². The molecule has 6 rings (SSSR count). The monoisotopic (exact) mass is 718 g/mol. The van der Waals surface area contributed by atoms with E-state index in [0.717, 1.165) is 37.9 Å². The summed E-state index contributed by atoms with van der Waals surface area (Å²) in [6, 6.07) is 10.4. The van der Waals surface area contributed by atoms with Crippen LogP contribution in [0, 0.1) is 12.7 Å². The number of aliphatic hydroxyl groups excluding tert-OH is 1. The van der Waals surface area contributed by atoms with Crippen molar-refractivity contribution in [3.63, 3.8) is 0 Å². The molecule has 1 aliphatic heterocycles. The van der Waals surface area contributed by atoms with E-state index in [-0.39, 0.29) is 49.0 Å². The lowest BCUT2D eigenvalue weighted by atomic mass is 10.1. The fraction of sp³-hybridized carbons (Fsp3) is 0.474. The lowest BCUT2D eigenvalue weighted by molar-refractivity contribution is 0.0256. The zero-order chi connectivity index (χ0) is 36.8. The number of rotatable bonds is 16. The van der Waals surface area contributed by atoms with E-state index in [1.807, 2.05) is 27.7 Å². The quantitative estimate of drug-likeness (QED) is 0.116. The number of aryl methyl sites for hydroxylation is 2. The Kier molecular flexibility index (Phi) is 11.9. The van der Waals surface area contributed by atoms with Crippen molar-refractivity contribution in [2.75, 3.05) is 69.4 Å². The van der Waals surface area contributed by atoms with E-state index in [1.54, 1.807) is 6.07 Å². The van der Waals surface area contributed by atoms with Gasteiger partial charge in [-0.2, -0.15) is 0 Å². The molecule has 278 valence electrons. The maximum atomic E-state index is 15.6. The number of carbonyl (C=O) groups excluding carboxylic acids is 1. The van der Waals surface area contributed by atoms with Gasteiger partial charge in [0.05, 0.1) is 31.0 Å². The molecule has 2 aliphatic rings. The summed E-state index contributed by atoms with van der Waals surface area (Å²) in [6.45, 7) is 7.81. The number of carbonyl (C=O) groups is 1. The highest BCUT2D eigenvalue weighted by atomic mass is 19.1. The largest absolute Gasteiger partial charge is 0.459 e. The van der Waals surface area contributed by atoms with Crippen LogP contribution in [0.15, 0.2) is 57.0 Å². The zero-order valence-corrected chi connectivity index (χ0v) is 29.8. The van der Waals surface area contributed by atoms with Crippen molar-refractivity contribution in [3.05, 3.63) is 96.2 Å². The number of nitrogens with one attached hydrogen (secondary N) is 2. The Hall–Kier alpha value is -4.79. The van der Waals surface area contributed by atoms with Gasteiger partial charge < -0.3 is 29.4 Å². The van der Waals surface area contributed by atoms with Crippen LogP contribution in [0.2, 0.25) is 0 Å². The number of ether oxygens (including phenoxy) is 2. The SMILES string of the molecule is CCc1cc(Nc2cc(=O)n(CCCCN3CCN(c4cc5c(cc4F)c(=O)c(C(=O)OCCOCCO)cn5C4CC4)CC3)c(=O)[nH]2)ccc1C. The summed E-state index contributed by atoms with van der Waals surface area (Å²) in [5.74, 6) is -0.955. The average Bonchev–Trinajstić information content (AvgIpc) is 3.98. The standard InChI is InChI=1S/C38H47FN6O7/c1-3-26-20-27(7-6-25(26)2)40-34-23-35(47)44(38(50)41-34)11-5-4-10-42-12-14-43(15-13-42)33-22-32-29(21-31(33)39)36(48)30(24-45(32)28-8-9-28)37(49)52-19-18-51-17-16-46/h6-7,20-24,28,40,46H,3-5,8-19H2,1-2H3,(H,41,50). The Morgan fingerprint density at radius 2 is 1.77 bits per heavy atom. The summed E-state index contributed by atoms with van der Waals surface area (Å²) >= 11 is 0. The minimum atomic E-state index is -0.789. The van der Waals surface area contributed by atoms with E-state index in [0.29, 0.717) is 56.2 Å². The summed E-state index contributed by atoms with van der Waals surface area (Å²) in [7, 11) is 0. The number of halogens is 1. The summed E-state index contributed by atoms with van der Waals surface area (Å²) in [6.07, 6.45) is 5.64. The Morgan fingerprint density at radius 3 is 2.48 bits per heavy atom. The molecule has 0 atom stereocenters. The number of aromatic amines is 1. The van der Waals surface area contributed by atoms with Crippen LogP contribution in [0.3, 0.4) is 0 Å². The van der Waals surface area contributed by atoms with Gasteiger partial charge in [-0.15, -0.1) is 0 Å². The van der Waals surface area contributed by atoms with Crippen LogP contribution in [-0.2, 0) is 22.4 Å². The zero-order valence-electron chi connectivity index (χ0n) is 29.8. The first-order valence-electron chi connectivity index (χ1n) is 18.1. The normalized spacial score (nSPS) is 15.0. The Morgan fingerprint density at radius 1 is 1.00 bits per heavy atom. The number of anilines is 3. The van der Waals surface area contributed by atoms with Crippen molar-refractivity contribution in [2.45, 2.75) is 58.5 Å². The molecule has 1 saturated heterocycles. The molecule has 3 heterocycles. The molecule has 2 aromatic heterocycles. The van der Waals surface area contributed by atoms with E-state index in [9.17, 15) is 19.2 Å². The van der Waals surface area contributed by atoms with Crippen LogP contribution >= 0.6 is 0 Å². The van der Waals surface area contributed by atoms with Crippen molar-refractivity contribution < 1.29 is 23.8 Å². The second kappa shape index (κ2) is 16.7. The summed E-state index contributed by atoms with van der Waals surface area (Å²) in [5, 5.41) is 12.1. The van der Waals surface area contributed by atoms with Crippen molar-refractivity contribution in [1.29, 1.82) is 0 Å². The molecule has 13 nitrogen and oxygen atoms in total. The highest BCUT2D eigenvalue weighted by Gasteiger charge is 2.29. The number of fused-ring (bicyclic) bond motifs is 1. The molecule has 0 bridgehead atoms. The molecule has 3 N–H and O–H groups in total. The van der Waals surface area contributed by atoms with Gasteiger partial charge in [-0.1, -0.05) is 13.0 Å². The third kappa shape index (κ3) is 8.63. The topological polar surface area (TPSA) is 151 Å². The van der Waals surface area contributed by atoms with E-state index < -0.39 is 22.9 Å². The minimum Gasteiger partial charge on any atom is -0.459 e. The first-order valence-corrected chi connectivity index (χ1v) is 18.1. The molecule has 0 spiro atoms. The summed E-state index contributed by atoms with van der Waals surface area (Å²) in [5.41, 5.74) is 2.67. The molecule has 0 unspecified atom stereocenters. The highest BCUT2D eigenvalue weighted by Crippen LogP contribution is 2.38. The predicted molar refractivity (Wildman–Crippen MR) is 198 cm³/mol. The maximum absolute atomic E-state index is 15.6. The first kappa shape index (κ1) is 37.0. The number of esters is 1. The number of nitrogens with zero attached hydrogens (tertiary/aromatic N) is 4. The summed E-state index contributed by atoms with van der Waals surface area (Å²) in [4.78, 5) is 58.7. The number of hydrogen-bond donors (Lipinski definition) is 3. The van der Waals surface area contributed by atoms with Gasteiger partial charge in [0.2, 0.25) is 5.43 Å². The van der Waals surface area contributed by atoms with E-state index in [2.05, 4.69) is 29.0 Å². The molecule has 2 aromatic carbocycles. The fourth-order valence-electron chi connectivity index (χ4n) is 6.74. The van der Waals surface area contributed by atoms with Crippen LogP contribution in [0.4, 0.5) is 21.6 Å². The van der Waals surface area contributed by atoms with Crippen molar-refractivity contribution in [2.24, 2.45) is 0 Å². The van der Waals surface area contributed by atoms with Crippen LogP contribution in [-0.4, -0.2) is 89.2 Å². The lowest BCUT2D eigenvalue weighted by Crippen LogP contribution is -2.47. The number of piperazine rings is 1. The molecule has 0 amide bonds. The van der Waals surface area contributed by atoms with Gasteiger partial charge >= 0.3 is 11.7 Å². The molecule has 52 heavy (non-hydrogen) atoms. The predicted octanol–water partition coefficient (Wildman–Crippen LogP) is 3.71. The smallest absolute Gasteiger partial charge is 0.343 e. The van der Waals surface area contributed by atoms with Gasteiger partial charge in [-0.3, -0.25) is 24.0 Å². The van der Waals surface area contributed by atoms with Gasteiger partial charge in [0.25, 0.3) is 5.56 Å². The molecule has 0 radical (unpaired) electrons. The Bertz CT molecular complexity index is 2050. The molecule has 1 saturated carbocycles. The lowest BCUT2D eigenvalue weighted by Gasteiger charge is -2.36. The number of aliphatic hydroxyl groups is 1. The second-order valence-corrected chi connectivity index (χ2v) is 13.4. The minimum absolute atomic E-state index is 0.0697. The molecule has 4 aromatic rings. The van der Waals surface area contributed by atoms with Crippen LogP contribution in [0.5, 0.6) is 0 Å². The second-order valence-electron chi connectivity index (χ2n) is 13.4. The number of hydrogen-bond acceptors (Lipinski definition) is 10. The number of unbranched alkanes of at least 4 members (excludes halogenated alkanes) is 1. The van der Waals surface area contributed by atoms with Crippen molar-refractivity contribution >= 4 is 34.1 Å². The Balaban J connectivity index is 1.03. The van der Waals surface area contributed by atoms with Gasteiger partial charge in [0.15, 0.2) is 0 Å². The van der Waals surface area contributed by atoms with E-state index >= 15 is 4.39 Å². The van der Waals surface area contributed by atoms with Crippen LogP contribution in [0.25, 0.3) is 10.9 Å².